The van der Waals surface area contributed by atoms with Crippen LogP contribution >= 0.6 is 0 Å². The standard InChI is InChI=1S/C17H14N6O3/c24-15(14-5-2-6-26-14)17(25)21-11-3-1-4-12(7-11)23-8-13(19-10-23)16-18-9-20-22-16/h1-9,19H,10H2,(H,21,25)(H,18,20,22). The van der Waals surface area contributed by atoms with Crippen LogP contribution in [-0.2, 0) is 4.79 Å². The Balaban J connectivity index is 1.49. The Morgan fingerprint density at radius 2 is 2.15 bits per heavy atom. The number of aromatic amines is 1. The number of hydrogen-bond donors (Lipinski definition) is 3. The van der Waals surface area contributed by atoms with Gasteiger partial charge in [0.05, 0.1) is 18.6 Å². The van der Waals surface area contributed by atoms with E-state index in [2.05, 4.69) is 25.8 Å². The summed E-state index contributed by atoms with van der Waals surface area (Å²) in [6.45, 7) is 0.540. The average molecular weight is 350 g/mol. The van der Waals surface area contributed by atoms with Gasteiger partial charge in [-0.1, -0.05) is 6.07 Å². The molecule has 130 valence electrons. The summed E-state index contributed by atoms with van der Waals surface area (Å²) in [4.78, 5) is 30.1. The van der Waals surface area contributed by atoms with Gasteiger partial charge in [-0.25, -0.2) is 4.98 Å². The first-order valence-electron chi connectivity index (χ1n) is 7.78. The summed E-state index contributed by atoms with van der Waals surface area (Å²) in [6.07, 6.45) is 4.67. The molecule has 2 aromatic heterocycles. The van der Waals surface area contributed by atoms with Crippen LogP contribution in [0, 0.1) is 0 Å². The zero-order chi connectivity index (χ0) is 17.9. The number of aromatic nitrogens is 3. The molecule has 1 amide bonds. The molecule has 1 aliphatic rings. The second-order valence-electron chi connectivity index (χ2n) is 5.49. The highest BCUT2D eigenvalue weighted by molar-refractivity contribution is 6.45. The number of benzene rings is 1. The lowest BCUT2D eigenvalue weighted by Gasteiger charge is -2.15. The Morgan fingerprint density at radius 1 is 1.23 bits per heavy atom. The molecule has 0 spiro atoms. The van der Waals surface area contributed by atoms with Crippen molar-refractivity contribution >= 4 is 28.8 Å². The fourth-order valence-electron chi connectivity index (χ4n) is 2.53. The van der Waals surface area contributed by atoms with E-state index >= 15 is 0 Å². The van der Waals surface area contributed by atoms with Crippen molar-refractivity contribution in [2.75, 3.05) is 16.9 Å². The van der Waals surface area contributed by atoms with Crippen LogP contribution in [0.3, 0.4) is 0 Å². The summed E-state index contributed by atoms with van der Waals surface area (Å²) in [7, 11) is 0. The Morgan fingerprint density at radius 3 is 2.92 bits per heavy atom. The van der Waals surface area contributed by atoms with Crippen molar-refractivity contribution < 1.29 is 14.0 Å². The summed E-state index contributed by atoms with van der Waals surface area (Å²) < 4.78 is 4.96. The van der Waals surface area contributed by atoms with Gasteiger partial charge in [0, 0.05) is 17.6 Å². The number of nitrogens with one attached hydrogen (secondary N) is 3. The second-order valence-corrected chi connectivity index (χ2v) is 5.49. The maximum Gasteiger partial charge on any atom is 0.300 e. The summed E-state index contributed by atoms with van der Waals surface area (Å²) >= 11 is 0. The van der Waals surface area contributed by atoms with Crippen LogP contribution in [0.15, 0.2) is 59.6 Å². The van der Waals surface area contributed by atoms with E-state index in [0.29, 0.717) is 18.2 Å². The van der Waals surface area contributed by atoms with Gasteiger partial charge in [0.15, 0.2) is 11.6 Å². The van der Waals surface area contributed by atoms with Crippen LogP contribution < -0.4 is 15.5 Å². The first-order chi connectivity index (χ1) is 12.7. The van der Waals surface area contributed by atoms with Crippen molar-refractivity contribution in [3.63, 3.8) is 0 Å². The predicted octanol–water partition coefficient (Wildman–Crippen LogP) is 1.58. The second kappa shape index (κ2) is 6.55. The summed E-state index contributed by atoms with van der Waals surface area (Å²) in [5.74, 6) is -0.840. The number of carbonyl (C=O) groups excluding carboxylic acids is 2. The molecule has 0 unspecified atom stereocenters. The molecular formula is C17H14N6O3. The molecule has 0 saturated heterocycles. The third-order valence-corrected chi connectivity index (χ3v) is 3.78. The molecule has 0 fully saturated rings. The largest absolute Gasteiger partial charge is 0.461 e. The molecule has 9 heteroatoms. The Bertz CT molecular complexity index is 962. The quantitative estimate of drug-likeness (QED) is 0.472. The molecule has 0 bridgehead atoms. The zero-order valence-corrected chi connectivity index (χ0v) is 13.5. The SMILES string of the molecule is O=C(Nc1cccc(N2C=C(c3ncn[nH]3)NC2)c1)C(=O)c1ccco1. The Kier molecular flexibility index (Phi) is 3.94. The molecule has 1 aliphatic heterocycles. The molecule has 3 heterocycles. The molecule has 0 radical (unpaired) electrons. The average Bonchev–Trinajstić information content (AvgIpc) is 3.43. The molecule has 0 aliphatic carbocycles. The lowest BCUT2D eigenvalue weighted by molar-refractivity contribution is -0.112. The van der Waals surface area contributed by atoms with Crippen LogP contribution in [0.1, 0.15) is 16.4 Å². The van der Waals surface area contributed by atoms with E-state index in [9.17, 15) is 9.59 Å². The number of nitrogens with zero attached hydrogens (tertiary/aromatic N) is 3. The summed E-state index contributed by atoms with van der Waals surface area (Å²) in [5.41, 5.74) is 2.16. The van der Waals surface area contributed by atoms with Crippen LogP contribution in [0.2, 0.25) is 0 Å². The fourth-order valence-corrected chi connectivity index (χ4v) is 2.53. The zero-order valence-electron chi connectivity index (χ0n) is 13.5. The molecular weight excluding hydrogens is 336 g/mol. The van der Waals surface area contributed by atoms with Gasteiger partial charge in [0.1, 0.15) is 6.33 Å². The van der Waals surface area contributed by atoms with Crippen LogP contribution in [-0.4, -0.2) is 33.5 Å². The number of amides is 1. The monoisotopic (exact) mass is 350 g/mol. The van der Waals surface area contributed by atoms with E-state index in [-0.39, 0.29) is 5.76 Å². The summed E-state index contributed by atoms with van der Waals surface area (Å²) in [6, 6.07) is 10.2. The highest BCUT2D eigenvalue weighted by atomic mass is 16.3. The van der Waals surface area contributed by atoms with Crippen molar-refractivity contribution in [2.45, 2.75) is 0 Å². The molecule has 1 aromatic carbocycles. The lowest BCUT2D eigenvalue weighted by atomic mass is 10.2. The molecule has 0 saturated carbocycles. The molecule has 26 heavy (non-hydrogen) atoms. The highest BCUT2D eigenvalue weighted by Crippen LogP contribution is 2.24. The van der Waals surface area contributed by atoms with E-state index < -0.39 is 11.7 Å². The molecule has 4 rings (SSSR count). The fraction of sp³-hybridized carbons (Fsp3) is 0.0588. The van der Waals surface area contributed by atoms with Gasteiger partial charge >= 0.3 is 0 Å². The van der Waals surface area contributed by atoms with Crippen molar-refractivity contribution in [1.82, 2.24) is 20.5 Å². The van der Waals surface area contributed by atoms with Gasteiger partial charge in [-0.2, -0.15) is 5.10 Å². The molecule has 9 nitrogen and oxygen atoms in total. The maximum atomic E-state index is 12.1. The van der Waals surface area contributed by atoms with E-state index in [1.165, 1.54) is 18.7 Å². The van der Waals surface area contributed by atoms with Gasteiger partial charge in [-0.3, -0.25) is 14.7 Å². The van der Waals surface area contributed by atoms with Crippen molar-refractivity contribution in [2.24, 2.45) is 0 Å². The minimum atomic E-state index is -0.755. The van der Waals surface area contributed by atoms with Crippen LogP contribution in [0.4, 0.5) is 11.4 Å². The Hall–Kier alpha value is -3.88. The van der Waals surface area contributed by atoms with Crippen molar-refractivity contribution in [3.8, 4) is 0 Å². The highest BCUT2D eigenvalue weighted by Gasteiger charge is 2.20. The first-order valence-corrected chi connectivity index (χ1v) is 7.78. The van der Waals surface area contributed by atoms with E-state index in [0.717, 1.165) is 11.4 Å². The minimum absolute atomic E-state index is 0.00188. The van der Waals surface area contributed by atoms with Gasteiger partial charge in [0.2, 0.25) is 0 Å². The van der Waals surface area contributed by atoms with Crippen molar-refractivity contribution in [3.05, 3.63) is 66.8 Å². The van der Waals surface area contributed by atoms with E-state index in [1.54, 1.807) is 24.3 Å². The number of rotatable bonds is 5. The van der Waals surface area contributed by atoms with E-state index in [1.807, 2.05) is 17.2 Å². The normalized spacial score (nSPS) is 13.2. The summed E-state index contributed by atoms with van der Waals surface area (Å²) in [5, 5.41) is 12.4. The lowest BCUT2D eigenvalue weighted by Crippen LogP contribution is -2.23. The van der Waals surface area contributed by atoms with Crippen molar-refractivity contribution in [1.29, 1.82) is 0 Å². The topological polar surface area (TPSA) is 116 Å². The number of anilines is 2. The van der Waals surface area contributed by atoms with E-state index in [4.69, 9.17) is 4.42 Å². The maximum absolute atomic E-state index is 12.1. The number of furan rings is 1. The third-order valence-electron chi connectivity index (χ3n) is 3.78. The van der Waals surface area contributed by atoms with Crippen LogP contribution in [0.25, 0.3) is 5.70 Å². The number of carbonyl (C=O) groups is 2. The smallest absolute Gasteiger partial charge is 0.300 e. The third kappa shape index (κ3) is 3.05. The first kappa shape index (κ1) is 15.6. The molecule has 3 aromatic rings. The Labute approximate surface area is 147 Å². The minimum Gasteiger partial charge on any atom is -0.461 e. The number of H-pyrrole nitrogens is 1. The van der Waals surface area contributed by atoms with Gasteiger partial charge in [0.25, 0.3) is 11.7 Å². The number of hydrogen-bond acceptors (Lipinski definition) is 7. The predicted molar refractivity (Wildman–Crippen MR) is 93.0 cm³/mol. The number of ketones is 1. The number of Topliss-reactive ketones (excluding diaryl/α,β-unsaturated/α-hetero) is 1. The van der Waals surface area contributed by atoms with Gasteiger partial charge in [-0.15, -0.1) is 0 Å². The van der Waals surface area contributed by atoms with Gasteiger partial charge < -0.3 is 20.0 Å². The molecule has 0 atom stereocenters. The van der Waals surface area contributed by atoms with Gasteiger partial charge in [-0.05, 0) is 30.3 Å². The van der Waals surface area contributed by atoms with Crippen LogP contribution in [0.5, 0.6) is 0 Å². The molecule has 3 N–H and O–H groups in total.